The molecule has 0 atom stereocenters. The van der Waals surface area contributed by atoms with Gasteiger partial charge >= 0.3 is 0 Å². The number of aromatic nitrogens is 1. The monoisotopic (exact) mass is 346 g/mol. The highest BCUT2D eigenvalue weighted by Crippen LogP contribution is 2.33. The fraction of sp³-hybridized carbons (Fsp3) is 0.174. The minimum absolute atomic E-state index is 0.213. The van der Waals surface area contributed by atoms with Crippen LogP contribution in [-0.4, -0.2) is 7.11 Å². The molecule has 0 aliphatic rings. The maximum atomic E-state index is 13.9. The third-order valence-electron chi connectivity index (χ3n) is 4.92. The average molecular weight is 346 g/mol. The van der Waals surface area contributed by atoms with E-state index in [1.807, 2.05) is 19.3 Å². The van der Waals surface area contributed by atoms with E-state index in [9.17, 15) is 4.39 Å². The van der Waals surface area contributed by atoms with Gasteiger partial charge in [0.2, 0.25) is 5.69 Å². The van der Waals surface area contributed by atoms with E-state index < -0.39 is 0 Å². The number of hydrogen-bond donors (Lipinski definition) is 0. The molecule has 130 valence electrons. The van der Waals surface area contributed by atoms with Crippen molar-refractivity contribution >= 4 is 21.5 Å². The molecule has 0 N–H and O–H groups in total. The van der Waals surface area contributed by atoms with E-state index in [1.165, 1.54) is 11.6 Å². The van der Waals surface area contributed by atoms with Crippen LogP contribution < -0.4 is 4.57 Å². The van der Waals surface area contributed by atoms with Gasteiger partial charge in [0.05, 0.1) is 17.6 Å². The molecule has 0 amide bonds. The van der Waals surface area contributed by atoms with Gasteiger partial charge in [-0.05, 0) is 47.5 Å². The Morgan fingerprint density at radius 1 is 0.923 bits per heavy atom. The highest BCUT2D eigenvalue weighted by Gasteiger charge is 2.19. The summed E-state index contributed by atoms with van der Waals surface area (Å²) in [7, 11) is 3.76. The molecule has 0 spiro atoms. The predicted molar refractivity (Wildman–Crippen MR) is 103 cm³/mol. The van der Waals surface area contributed by atoms with Crippen molar-refractivity contribution in [3.8, 4) is 11.3 Å². The summed E-state index contributed by atoms with van der Waals surface area (Å²) in [5.41, 5.74) is 4.60. The van der Waals surface area contributed by atoms with Gasteiger partial charge in [-0.2, -0.15) is 0 Å². The molecule has 4 aromatic rings. The van der Waals surface area contributed by atoms with Crippen LogP contribution in [-0.2, 0) is 18.4 Å². The Morgan fingerprint density at radius 2 is 1.73 bits per heavy atom. The molecule has 0 aliphatic carbocycles. The van der Waals surface area contributed by atoms with Gasteiger partial charge in [0.1, 0.15) is 12.9 Å². The standard InChI is InChI=1S/C23H21FNO/c1-15-4-5-17(14-26-3)22(12-15)23-20-9-7-16-6-8-18(24)13-21(16)19(20)10-11-25(23)2/h4-13H,14H2,1-3H3/q+1. The van der Waals surface area contributed by atoms with Crippen molar-refractivity contribution < 1.29 is 13.7 Å². The topological polar surface area (TPSA) is 13.1 Å². The van der Waals surface area contributed by atoms with Crippen molar-refractivity contribution in [3.05, 3.63) is 77.7 Å². The quantitative estimate of drug-likeness (QED) is 0.372. The van der Waals surface area contributed by atoms with Crippen molar-refractivity contribution in [1.82, 2.24) is 0 Å². The van der Waals surface area contributed by atoms with E-state index in [4.69, 9.17) is 4.74 Å². The molecular weight excluding hydrogens is 325 g/mol. The zero-order valence-corrected chi connectivity index (χ0v) is 15.2. The number of nitrogens with zero attached hydrogens (tertiary/aromatic N) is 1. The third-order valence-corrected chi connectivity index (χ3v) is 4.92. The summed E-state index contributed by atoms with van der Waals surface area (Å²) >= 11 is 0. The van der Waals surface area contributed by atoms with Crippen LogP contribution in [0, 0.1) is 12.7 Å². The highest BCUT2D eigenvalue weighted by molar-refractivity contribution is 6.10. The highest BCUT2D eigenvalue weighted by atomic mass is 19.1. The first-order valence-corrected chi connectivity index (χ1v) is 8.68. The molecule has 0 fully saturated rings. The predicted octanol–water partition coefficient (Wildman–Crippen LogP) is 5.08. The second-order valence-electron chi connectivity index (χ2n) is 6.76. The largest absolute Gasteiger partial charge is 0.380 e. The van der Waals surface area contributed by atoms with Gasteiger partial charge < -0.3 is 4.74 Å². The minimum atomic E-state index is -0.213. The van der Waals surface area contributed by atoms with E-state index in [2.05, 4.69) is 47.9 Å². The van der Waals surface area contributed by atoms with Gasteiger partial charge in [0, 0.05) is 18.6 Å². The van der Waals surface area contributed by atoms with Crippen molar-refractivity contribution in [2.24, 2.45) is 7.05 Å². The number of pyridine rings is 1. The lowest BCUT2D eigenvalue weighted by Crippen LogP contribution is -2.31. The second-order valence-corrected chi connectivity index (χ2v) is 6.76. The molecule has 1 heterocycles. The lowest BCUT2D eigenvalue weighted by molar-refractivity contribution is -0.659. The number of aryl methyl sites for hydroxylation is 2. The van der Waals surface area contributed by atoms with Crippen molar-refractivity contribution in [2.45, 2.75) is 13.5 Å². The summed E-state index contributed by atoms with van der Waals surface area (Å²) in [6.07, 6.45) is 2.04. The third kappa shape index (κ3) is 2.74. The maximum absolute atomic E-state index is 13.9. The molecule has 0 aliphatic heterocycles. The second kappa shape index (κ2) is 6.50. The van der Waals surface area contributed by atoms with Crippen molar-refractivity contribution in [1.29, 1.82) is 0 Å². The smallest absolute Gasteiger partial charge is 0.220 e. The number of ether oxygens (including phenoxy) is 1. The zero-order chi connectivity index (χ0) is 18.3. The fourth-order valence-corrected chi connectivity index (χ4v) is 3.68. The molecule has 4 rings (SSSR count). The SMILES string of the molecule is COCc1ccc(C)cc1-c1c2ccc3ccc(F)cc3c2cc[n+]1C. The lowest BCUT2D eigenvalue weighted by atomic mass is 9.95. The van der Waals surface area contributed by atoms with Crippen LogP contribution in [0.1, 0.15) is 11.1 Å². The summed E-state index contributed by atoms with van der Waals surface area (Å²) in [6.45, 7) is 2.64. The number of hydrogen-bond acceptors (Lipinski definition) is 1. The maximum Gasteiger partial charge on any atom is 0.220 e. The Balaban J connectivity index is 2.10. The van der Waals surface area contributed by atoms with Crippen molar-refractivity contribution in [3.63, 3.8) is 0 Å². The van der Waals surface area contributed by atoms with Crippen LogP contribution in [0.3, 0.4) is 0 Å². The Morgan fingerprint density at radius 3 is 2.54 bits per heavy atom. The molecule has 26 heavy (non-hydrogen) atoms. The van der Waals surface area contributed by atoms with E-state index in [0.717, 1.165) is 38.4 Å². The molecule has 0 bridgehead atoms. The molecule has 1 aromatic heterocycles. The van der Waals surface area contributed by atoms with E-state index in [-0.39, 0.29) is 5.82 Å². The zero-order valence-electron chi connectivity index (χ0n) is 15.2. The molecular formula is C23H21FNO+. The number of benzene rings is 3. The lowest BCUT2D eigenvalue weighted by Gasteiger charge is -2.12. The van der Waals surface area contributed by atoms with Crippen LogP contribution in [0.5, 0.6) is 0 Å². The Labute approximate surface area is 152 Å². The van der Waals surface area contributed by atoms with Crippen LogP contribution in [0.15, 0.2) is 60.8 Å². The van der Waals surface area contributed by atoms with Crippen LogP contribution in [0.2, 0.25) is 0 Å². The summed E-state index contributed by atoms with van der Waals surface area (Å²) in [5.74, 6) is -0.213. The fourth-order valence-electron chi connectivity index (χ4n) is 3.68. The van der Waals surface area contributed by atoms with Crippen LogP contribution in [0.4, 0.5) is 4.39 Å². The molecule has 0 saturated carbocycles. The summed E-state index contributed by atoms with van der Waals surface area (Å²) < 4.78 is 21.4. The van der Waals surface area contributed by atoms with Gasteiger partial charge in [-0.25, -0.2) is 8.96 Å². The van der Waals surface area contributed by atoms with Gasteiger partial charge in [-0.1, -0.05) is 29.8 Å². The van der Waals surface area contributed by atoms with E-state index in [1.54, 1.807) is 13.2 Å². The first-order valence-electron chi connectivity index (χ1n) is 8.68. The van der Waals surface area contributed by atoms with Crippen molar-refractivity contribution in [2.75, 3.05) is 7.11 Å². The van der Waals surface area contributed by atoms with Crippen LogP contribution in [0.25, 0.3) is 32.8 Å². The Hall–Kier alpha value is -2.78. The average Bonchev–Trinajstić information content (AvgIpc) is 2.63. The summed E-state index contributed by atoms with van der Waals surface area (Å²) in [5, 5.41) is 4.14. The first-order chi connectivity index (χ1) is 12.6. The Kier molecular flexibility index (Phi) is 4.17. The van der Waals surface area contributed by atoms with E-state index >= 15 is 0 Å². The number of rotatable bonds is 3. The minimum Gasteiger partial charge on any atom is -0.380 e. The molecule has 3 heteroatoms. The molecule has 0 saturated heterocycles. The summed E-state index contributed by atoms with van der Waals surface area (Å²) in [4.78, 5) is 0. The number of fused-ring (bicyclic) bond motifs is 3. The van der Waals surface area contributed by atoms with Gasteiger partial charge in [0.25, 0.3) is 0 Å². The van der Waals surface area contributed by atoms with Gasteiger partial charge in [-0.3, -0.25) is 0 Å². The normalized spacial score (nSPS) is 11.4. The molecule has 3 aromatic carbocycles. The number of halogens is 1. The number of methoxy groups -OCH3 is 1. The van der Waals surface area contributed by atoms with Gasteiger partial charge in [0.15, 0.2) is 6.20 Å². The van der Waals surface area contributed by atoms with E-state index in [0.29, 0.717) is 6.61 Å². The molecule has 0 radical (unpaired) electrons. The molecule has 0 unspecified atom stereocenters. The first kappa shape index (κ1) is 16.7. The Bertz CT molecular complexity index is 1130. The van der Waals surface area contributed by atoms with Crippen LogP contribution >= 0.6 is 0 Å². The summed E-state index contributed by atoms with van der Waals surface area (Å²) in [6, 6.07) is 17.6. The van der Waals surface area contributed by atoms with Gasteiger partial charge in [-0.15, -0.1) is 0 Å². The molecule has 2 nitrogen and oxygen atoms in total.